The van der Waals surface area contributed by atoms with E-state index in [1.54, 1.807) is 18.3 Å². The highest BCUT2D eigenvalue weighted by Gasteiger charge is 2.14. The zero-order valence-corrected chi connectivity index (χ0v) is 10.7. The maximum atomic E-state index is 11.6. The molecule has 0 aliphatic heterocycles. The topological polar surface area (TPSA) is 60.9 Å². The molecular weight excluding hydrogens is 250 g/mol. The number of amides is 1. The number of carbonyl (C=O) groups excluding carboxylic acids is 1. The maximum Gasteiger partial charge on any atom is 0.250 e. The van der Waals surface area contributed by atoms with E-state index in [-0.39, 0.29) is 0 Å². The quantitative estimate of drug-likeness (QED) is 0.789. The van der Waals surface area contributed by atoms with Crippen molar-refractivity contribution in [3.8, 4) is 16.9 Å². The third-order valence-electron chi connectivity index (χ3n) is 3.11. The predicted octanol–water partition coefficient (Wildman–Crippen LogP) is 2.64. The molecular formula is C16H13N3O. The summed E-state index contributed by atoms with van der Waals surface area (Å²) in [6.07, 6.45) is 5.56. The lowest BCUT2D eigenvalue weighted by Crippen LogP contribution is -2.13. The SMILES string of the molecule is NC(=O)c1cccnc1-c1ccccc1-n1cccc1. The standard InChI is InChI=1S/C16H13N3O/c17-16(20)13-7-5-9-18-15(13)12-6-1-2-8-14(12)19-10-3-4-11-19/h1-11H,(H2,17,20). The number of hydrogen-bond donors (Lipinski definition) is 1. The van der Waals surface area contributed by atoms with Crippen LogP contribution in [0.4, 0.5) is 0 Å². The second-order valence-corrected chi connectivity index (χ2v) is 4.37. The van der Waals surface area contributed by atoms with Crippen LogP contribution in [0.3, 0.4) is 0 Å². The van der Waals surface area contributed by atoms with E-state index >= 15 is 0 Å². The molecule has 0 saturated carbocycles. The van der Waals surface area contributed by atoms with Crippen molar-refractivity contribution in [3.05, 3.63) is 72.7 Å². The highest BCUT2D eigenvalue weighted by molar-refractivity contribution is 5.99. The largest absolute Gasteiger partial charge is 0.366 e. The Bertz CT molecular complexity index is 748. The number of carbonyl (C=O) groups is 1. The molecule has 1 amide bonds. The van der Waals surface area contributed by atoms with Gasteiger partial charge in [0, 0.05) is 24.2 Å². The molecule has 0 fully saturated rings. The lowest BCUT2D eigenvalue weighted by molar-refractivity contribution is 0.100. The number of hydrogen-bond acceptors (Lipinski definition) is 2. The summed E-state index contributed by atoms with van der Waals surface area (Å²) in [6.45, 7) is 0. The summed E-state index contributed by atoms with van der Waals surface area (Å²) in [5.74, 6) is -0.476. The number of rotatable bonds is 3. The minimum absolute atomic E-state index is 0.423. The first-order chi connectivity index (χ1) is 9.77. The van der Waals surface area contributed by atoms with Crippen molar-refractivity contribution in [2.24, 2.45) is 5.73 Å². The Morgan fingerprint density at radius 1 is 1.00 bits per heavy atom. The van der Waals surface area contributed by atoms with Gasteiger partial charge in [0.2, 0.25) is 0 Å². The second-order valence-electron chi connectivity index (χ2n) is 4.37. The van der Waals surface area contributed by atoms with E-state index in [1.165, 1.54) is 0 Å². The highest BCUT2D eigenvalue weighted by atomic mass is 16.1. The molecule has 2 heterocycles. The van der Waals surface area contributed by atoms with Crippen molar-refractivity contribution in [3.63, 3.8) is 0 Å². The second kappa shape index (κ2) is 5.01. The molecule has 0 bridgehead atoms. The fourth-order valence-corrected chi connectivity index (χ4v) is 2.21. The summed E-state index contributed by atoms with van der Waals surface area (Å²) in [5, 5.41) is 0. The van der Waals surface area contributed by atoms with Gasteiger partial charge >= 0.3 is 0 Å². The van der Waals surface area contributed by atoms with E-state index in [0.29, 0.717) is 11.3 Å². The minimum atomic E-state index is -0.476. The normalized spacial score (nSPS) is 10.4. The predicted molar refractivity (Wildman–Crippen MR) is 77.5 cm³/mol. The van der Waals surface area contributed by atoms with Crippen LogP contribution < -0.4 is 5.73 Å². The van der Waals surface area contributed by atoms with Crippen LogP contribution in [0.2, 0.25) is 0 Å². The van der Waals surface area contributed by atoms with Crippen molar-refractivity contribution >= 4 is 5.91 Å². The number of aromatic nitrogens is 2. The van der Waals surface area contributed by atoms with Crippen molar-refractivity contribution in [2.75, 3.05) is 0 Å². The molecule has 3 rings (SSSR count). The molecule has 0 saturated heterocycles. The van der Waals surface area contributed by atoms with Gasteiger partial charge in [0.25, 0.3) is 5.91 Å². The van der Waals surface area contributed by atoms with E-state index in [2.05, 4.69) is 4.98 Å². The van der Waals surface area contributed by atoms with Crippen LogP contribution in [0.5, 0.6) is 0 Å². The van der Waals surface area contributed by atoms with Gasteiger partial charge in [0.15, 0.2) is 0 Å². The van der Waals surface area contributed by atoms with Crippen molar-refractivity contribution < 1.29 is 4.79 Å². The molecule has 0 atom stereocenters. The first-order valence-electron chi connectivity index (χ1n) is 6.25. The molecule has 20 heavy (non-hydrogen) atoms. The molecule has 2 aromatic heterocycles. The number of nitrogens with two attached hydrogens (primary N) is 1. The number of nitrogens with zero attached hydrogens (tertiary/aromatic N) is 2. The lowest BCUT2D eigenvalue weighted by atomic mass is 10.0. The van der Waals surface area contributed by atoms with Gasteiger partial charge in [-0.3, -0.25) is 9.78 Å². The van der Waals surface area contributed by atoms with Crippen LogP contribution in [0, 0.1) is 0 Å². The van der Waals surface area contributed by atoms with Gasteiger partial charge < -0.3 is 10.3 Å². The van der Waals surface area contributed by atoms with Crippen LogP contribution in [-0.2, 0) is 0 Å². The van der Waals surface area contributed by atoms with E-state index in [9.17, 15) is 4.79 Å². The van der Waals surface area contributed by atoms with Crippen LogP contribution in [-0.4, -0.2) is 15.5 Å². The number of primary amides is 1. The Hall–Kier alpha value is -2.88. The maximum absolute atomic E-state index is 11.6. The molecule has 0 unspecified atom stereocenters. The molecule has 98 valence electrons. The molecule has 0 aliphatic rings. The van der Waals surface area contributed by atoms with Crippen LogP contribution in [0.25, 0.3) is 16.9 Å². The van der Waals surface area contributed by atoms with Gasteiger partial charge in [-0.05, 0) is 30.3 Å². The number of pyridine rings is 1. The molecule has 0 radical (unpaired) electrons. The number of benzene rings is 1. The molecule has 3 aromatic rings. The Balaban J connectivity index is 2.24. The summed E-state index contributed by atoms with van der Waals surface area (Å²) >= 11 is 0. The average Bonchev–Trinajstić information content (AvgIpc) is 3.01. The Morgan fingerprint density at radius 3 is 2.50 bits per heavy atom. The fraction of sp³-hybridized carbons (Fsp3) is 0. The van der Waals surface area contributed by atoms with Gasteiger partial charge in [0.1, 0.15) is 0 Å². The van der Waals surface area contributed by atoms with Crippen molar-refractivity contribution in [1.82, 2.24) is 9.55 Å². The van der Waals surface area contributed by atoms with Gasteiger partial charge in [-0.1, -0.05) is 18.2 Å². The average molecular weight is 263 g/mol. The van der Waals surface area contributed by atoms with E-state index in [0.717, 1.165) is 11.3 Å². The Kier molecular flexibility index (Phi) is 3.05. The molecule has 2 N–H and O–H groups in total. The summed E-state index contributed by atoms with van der Waals surface area (Å²) in [6, 6.07) is 15.1. The third-order valence-corrected chi connectivity index (χ3v) is 3.11. The zero-order chi connectivity index (χ0) is 13.9. The van der Waals surface area contributed by atoms with Crippen LogP contribution in [0.15, 0.2) is 67.1 Å². The van der Waals surface area contributed by atoms with E-state index in [4.69, 9.17) is 5.73 Å². The first-order valence-corrected chi connectivity index (χ1v) is 6.25. The lowest BCUT2D eigenvalue weighted by Gasteiger charge is -2.12. The van der Waals surface area contributed by atoms with E-state index < -0.39 is 5.91 Å². The van der Waals surface area contributed by atoms with Crippen molar-refractivity contribution in [2.45, 2.75) is 0 Å². The van der Waals surface area contributed by atoms with Gasteiger partial charge in [-0.2, -0.15) is 0 Å². The van der Waals surface area contributed by atoms with Gasteiger partial charge in [-0.25, -0.2) is 0 Å². The molecule has 4 nitrogen and oxygen atoms in total. The summed E-state index contributed by atoms with van der Waals surface area (Å²) in [7, 11) is 0. The van der Waals surface area contributed by atoms with Gasteiger partial charge in [-0.15, -0.1) is 0 Å². The van der Waals surface area contributed by atoms with Crippen LogP contribution in [0.1, 0.15) is 10.4 Å². The van der Waals surface area contributed by atoms with Crippen LogP contribution >= 0.6 is 0 Å². The fourth-order valence-electron chi connectivity index (χ4n) is 2.21. The zero-order valence-electron chi connectivity index (χ0n) is 10.7. The van der Waals surface area contributed by atoms with Gasteiger partial charge in [0.05, 0.1) is 16.9 Å². The monoisotopic (exact) mass is 263 g/mol. The minimum Gasteiger partial charge on any atom is -0.366 e. The van der Waals surface area contributed by atoms with Crippen molar-refractivity contribution in [1.29, 1.82) is 0 Å². The molecule has 4 heteroatoms. The molecule has 0 spiro atoms. The Morgan fingerprint density at radius 2 is 1.75 bits per heavy atom. The summed E-state index contributed by atoms with van der Waals surface area (Å²) < 4.78 is 1.98. The molecule has 0 aliphatic carbocycles. The first kappa shape index (κ1) is 12.2. The number of para-hydroxylation sites is 1. The Labute approximate surface area is 116 Å². The third kappa shape index (κ3) is 2.07. The highest BCUT2D eigenvalue weighted by Crippen LogP contribution is 2.27. The summed E-state index contributed by atoms with van der Waals surface area (Å²) in [5.41, 5.74) is 8.29. The molecule has 1 aromatic carbocycles. The summed E-state index contributed by atoms with van der Waals surface area (Å²) in [4.78, 5) is 15.9. The van der Waals surface area contributed by atoms with E-state index in [1.807, 2.05) is 53.4 Å². The smallest absolute Gasteiger partial charge is 0.250 e.